The van der Waals surface area contributed by atoms with Gasteiger partial charge in [-0.05, 0) is 13.8 Å². The number of anilines is 3. The van der Waals surface area contributed by atoms with Crippen molar-refractivity contribution in [2.75, 3.05) is 16.4 Å². The highest BCUT2D eigenvalue weighted by Gasteiger charge is 2.23. The van der Waals surface area contributed by atoms with Crippen molar-refractivity contribution in [3.63, 3.8) is 0 Å². The lowest BCUT2D eigenvalue weighted by Crippen LogP contribution is -2.41. The Kier molecular flexibility index (Phi) is 3.09. The molecule has 0 aromatic carbocycles. The maximum atomic E-state index is 11.5. The summed E-state index contributed by atoms with van der Waals surface area (Å²) in [6.45, 7) is 4.01. The number of nitrogens with one attached hydrogen (secondary N) is 3. The standard InChI is InChI=1S/C8H13N5O.ClH/c1-3-4(2)11-6-5(10-3)7(14)13-8(9)12-6;/h3-4,10H,1-2H3,(H4,9,11,12,13,14);1H/t3-,4+;/m0./s1. The van der Waals surface area contributed by atoms with E-state index in [1.807, 2.05) is 13.8 Å². The van der Waals surface area contributed by atoms with Crippen LogP contribution in [0, 0.1) is 0 Å². The Morgan fingerprint density at radius 1 is 1.27 bits per heavy atom. The molecule has 0 saturated carbocycles. The molecule has 0 spiro atoms. The third-order valence-corrected chi connectivity index (χ3v) is 2.42. The highest BCUT2D eigenvalue weighted by atomic mass is 35.5. The minimum Gasteiger partial charge on any atom is -0.373 e. The number of rotatable bonds is 0. The fourth-order valence-corrected chi connectivity index (χ4v) is 1.42. The van der Waals surface area contributed by atoms with Crippen LogP contribution in [0.2, 0.25) is 0 Å². The molecule has 2 atom stereocenters. The van der Waals surface area contributed by atoms with Gasteiger partial charge in [0, 0.05) is 12.1 Å². The Morgan fingerprint density at radius 2 is 1.87 bits per heavy atom. The first-order valence-electron chi connectivity index (χ1n) is 4.51. The summed E-state index contributed by atoms with van der Waals surface area (Å²) in [5.41, 5.74) is 5.65. The van der Waals surface area contributed by atoms with Crippen LogP contribution < -0.4 is 21.9 Å². The molecule has 5 N–H and O–H groups in total. The molecule has 0 saturated heterocycles. The van der Waals surface area contributed by atoms with Gasteiger partial charge in [-0.2, -0.15) is 4.98 Å². The Bertz CT molecular complexity index is 418. The molecule has 2 heterocycles. The number of nitrogen functional groups attached to an aromatic ring is 1. The molecule has 0 unspecified atom stereocenters. The van der Waals surface area contributed by atoms with Crippen molar-refractivity contribution in [2.45, 2.75) is 25.9 Å². The van der Waals surface area contributed by atoms with Gasteiger partial charge in [-0.1, -0.05) is 0 Å². The van der Waals surface area contributed by atoms with E-state index in [0.717, 1.165) is 0 Å². The smallest absolute Gasteiger partial charge is 0.277 e. The van der Waals surface area contributed by atoms with Crippen LogP contribution in [0.4, 0.5) is 17.5 Å². The van der Waals surface area contributed by atoms with Gasteiger partial charge >= 0.3 is 0 Å². The van der Waals surface area contributed by atoms with Crippen molar-refractivity contribution in [3.8, 4) is 0 Å². The number of fused-ring (bicyclic) bond motifs is 1. The number of aromatic amines is 1. The van der Waals surface area contributed by atoms with E-state index in [0.29, 0.717) is 11.5 Å². The van der Waals surface area contributed by atoms with Crippen molar-refractivity contribution < 1.29 is 0 Å². The summed E-state index contributed by atoms with van der Waals surface area (Å²) in [4.78, 5) is 17.9. The number of aromatic nitrogens is 2. The van der Waals surface area contributed by atoms with Gasteiger partial charge in [0.15, 0.2) is 5.82 Å². The molecule has 6 nitrogen and oxygen atoms in total. The Balaban J connectivity index is 0.00000112. The van der Waals surface area contributed by atoms with Crippen molar-refractivity contribution in [3.05, 3.63) is 10.4 Å². The Morgan fingerprint density at radius 3 is 2.53 bits per heavy atom. The summed E-state index contributed by atoms with van der Waals surface area (Å²) in [7, 11) is 0. The molecule has 7 heteroatoms. The zero-order chi connectivity index (χ0) is 10.3. The molecule has 2 rings (SSSR count). The lowest BCUT2D eigenvalue weighted by atomic mass is 10.1. The second kappa shape index (κ2) is 3.98. The van der Waals surface area contributed by atoms with E-state index in [9.17, 15) is 4.79 Å². The second-order valence-electron chi connectivity index (χ2n) is 3.54. The maximum Gasteiger partial charge on any atom is 0.277 e. The van der Waals surface area contributed by atoms with Crippen molar-refractivity contribution >= 4 is 29.9 Å². The van der Waals surface area contributed by atoms with Crippen LogP contribution in [-0.2, 0) is 0 Å². The minimum atomic E-state index is -0.237. The molecule has 0 aliphatic carbocycles. The summed E-state index contributed by atoms with van der Waals surface area (Å²) in [6, 6.07) is 0.408. The molecule has 0 fully saturated rings. The van der Waals surface area contributed by atoms with Gasteiger partial charge in [0.05, 0.1) is 0 Å². The van der Waals surface area contributed by atoms with Crippen LogP contribution >= 0.6 is 12.4 Å². The molecular formula is C8H14ClN5O. The summed E-state index contributed by atoms with van der Waals surface area (Å²) in [5, 5.41) is 6.20. The SMILES string of the molecule is C[C@@H]1Nc2c(nc(N)[nH]c2=O)N[C@@H]1C.Cl. The summed E-state index contributed by atoms with van der Waals surface area (Å²) in [6.07, 6.45) is 0. The van der Waals surface area contributed by atoms with E-state index in [4.69, 9.17) is 5.73 Å². The Labute approximate surface area is 93.1 Å². The van der Waals surface area contributed by atoms with Gasteiger partial charge in [0.1, 0.15) is 5.69 Å². The van der Waals surface area contributed by atoms with E-state index < -0.39 is 0 Å². The molecule has 1 aliphatic heterocycles. The first kappa shape index (κ1) is 11.6. The lowest BCUT2D eigenvalue weighted by molar-refractivity contribution is 0.656. The second-order valence-corrected chi connectivity index (χ2v) is 3.54. The van der Waals surface area contributed by atoms with Gasteiger partial charge in [0.2, 0.25) is 5.95 Å². The average Bonchev–Trinajstić information content (AvgIpc) is 2.08. The zero-order valence-corrected chi connectivity index (χ0v) is 9.31. The zero-order valence-electron chi connectivity index (χ0n) is 8.50. The van der Waals surface area contributed by atoms with Crippen molar-refractivity contribution in [1.29, 1.82) is 0 Å². The van der Waals surface area contributed by atoms with Crippen molar-refractivity contribution in [1.82, 2.24) is 9.97 Å². The van der Waals surface area contributed by atoms with E-state index in [1.165, 1.54) is 0 Å². The largest absolute Gasteiger partial charge is 0.373 e. The summed E-state index contributed by atoms with van der Waals surface area (Å²) in [5.74, 6) is 0.654. The first-order valence-corrected chi connectivity index (χ1v) is 4.51. The highest BCUT2D eigenvalue weighted by Crippen LogP contribution is 2.22. The predicted octanol–water partition coefficient (Wildman–Crippen LogP) is 0.388. The monoisotopic (exact) mass is 231 g/mol. The molecule has 84 valence electrons. The fraction of sp³-hybridized carbons (Fsp3) is 0.500. The van der Waals surface area contributed by atoms with Crippen LogP contribution in [0.1, 0.15) is 13.8 Å². The summed E-state index contributed by atoms with van der Waals surface area (Å²) < 4.78 is 0. The number of hydrogen-bond acceptors (Lipinski definition) is 5. The number of hydrogen-bond donors (Lipinski definition) is 4. The number of halogens is 1. The predicted molar refractivity (Wildman–Crippen MR) is 62.7 cm³/mol. The van der Waals surface area contributed by atoms with E-state index in [2.05, 4.69) is 20.6 Å². The van der Waals surface area contributed by atoms with Crippen LogP contribution in [0.5, 0.6) is 0 Å². The lowest BCUT2D eigenvalue weighted by Gasteiger charge is -2.30. The van der Waals surface area contributed by atoms with Crippen LogP contribution in [0.15, 0.2) is 4.79 Å². The van der Waals surface area contributed by atoms with Crippen LogP contribution in [-0.4, -0.2) is 22.1 Å². The molecule has 0 amide bonds. The highest BCUT2D eigenvalue weighted by molar-refractivity contribution is 5.85. The average molecular weight is 232 g/mol. The topological polar surface area (TPSA) is 95.8 Å². The third-order valence-electron chi connectivity index (χ3n) is 2.42. The van der Waals surface area contributed by atoms with Gasteiger partial charge in [-0.3, -0.25) is 9.78 Å². The van der Waals surface area contributed by atoms with E-state index in [-0.39, 0.29) is 36.0 Å². The quantitative estimate of drug-likeness (QED) is 0.518. The maximum absolute atomic E-state index is 11.5. The van der Waals surface area contributed by atoms with Gasteiger partial charge in [-0.15, -0.1) is 12.4 Å². The number of nitrogens with zero attached hydrogens (tertiary/aromatic N) is 1. The fourth-order valence-electron chi connectivity index (χ4n) is 1.42. The number of H-pyrrole nitrogens is 1. The molecule has 1 aromatic rings. The molecule has 1 aromatic heterocycles. The van der Waals surface area contributed by atoms with Gasteiger partial charge in [-0.25, -0.2) is 0 Å². The normalized spacial score (nSPS) is 23.1. The summed E-state index contributed by atoms with van der Waals surface area (Å²) >= 11 is 0. The van der Waals surface area contributed by atoms with Gasteiger partial charge < -0.3 is 16.4 Å². The van der Waals surface area contributed by atoms with E-state index in [1.54, 1.807) is 0 Å². The van der Waals surface area contributed by atoms with Crippen molar-refractivity contribution in [2.24, 2.45) is 0 Å². The first-order chi connectivity index (χ1) is 6.58. The minimum absolute atomic E-state index is 0. The Hall–Kier alpha value is -1.43. The molecule has 15 heavy (non-hydrogen) atoms. The number of nitrogens with two attached hydrogens (primary N) is 1. The molecule has 1 aliphatic rings. The molecule has 0 radical (unpaired) electrons. The third kappa shape index (κ3) is 1.99. The van der Waals surface area contributed by atoms with Crippen LogP contribution in [0.25, 0.3) is 0 Å². The molecular weight excluding hydrogens is 218 g/mol. The molecule has 0 bridgehead atoms. The van der Waals surface area contributed by atoms with Crippen LogP contribution in [0.3, 0.4) is 0 Å². The van der Waals surface area contributed by atoms with E-state index >= 15 is 0 Å². The van der Waals surface area contributed by atoms with Gasteiger partial charge in [0.25, 0.3) is 5.56 Å².